The van der Waals surface area contributed by atoms with Crippen LogP contribution in [0, 0.1) is 10.1 Å². The highest BCUT2D eigenvalue weighted by Crippen LogP contribution is 2.30. The Labute approximate surface area is 120 Å². The summed E-state index contributed by atoms with van der Waals surface area (Å²) >= 11 is 0. The highest BCUT2D eigenvalue weighted by atomic mass is 19.3. The molecule has 1 amide bonds. The highest BCUT2D eigenvalue weighted by molar-refractivity contribution is 5.81. The molecule has 0 aromatic heterocycles. The van der Waals surface area contributed by atoms with Crippen molar-refractivity contribution in [2.75, 3.05) is 25.0 Å². The first-order valence-electron chi connectivity index (χ1n) is 6.48. The smallest absolute Gasteiger partial charge is 0.270 e. The fourth-order valence-corrected chi connectivity index (χ4v) is 1.86. The Hall–Kier alpha value is -2.25. The maximum Gasteiger partial charge on any atom is 0.270 e. The van der Waals surface area contributed by atoms with Crippen molar-refractivity contribution in [2.45, 2.75) is 20.3 Å². The van der Waals surface area contributed by atoms with Crippen LogP contribution in [0.1, 0.15) is 25.8 Å². The monoisotopic (exact) mass is 301 g/mol. The van der Waals surface area contributed by atoms with Gasteiger partial charge in [-0.3, -0.25) is 14.9 Å². The van der Waals surface area contributed by atoms with Crippen LogP contribution in [0.5, 0.6) is 0 Å². The molecule has 0 atom stereocenters. The number of rotatable bonds is 7. The van der Waals surface area contributed by atoms with Gasteiger partial charge in [0, 0.05) is 36.5 Å². The van der Waals surface area contributed by atoms with E-state index >= 15 is 0 Å². The number of carbonyl (C=O) groups excluding carboxylic acids is 1. The van der Waals surface area contributed by atoms with E-state index in [0.29, 0.717) is 13.1 Å². The lowest BCUT2D eigenvalue weighted by Crippen LogP contribution is -2.35. The van der Waals surface area contributed by atoms with Gasteiger partial charge < -0.3 is 10.2 Å². The zero-order valence-corrected chi connectivity index (χ0v) is 11.8. The number of alkyl halides is 2. The van der Waals surface area contributed by atoms with E-state index in [1.165, 1.54) is 6.07 Å². The second kappa shape index (κ2) is 7.51. The Balaban J connectivity index is 2.88. The van der Waals surface area contributed by atoms with Gasteiger partial charge >= 0.3 is 0 Å². The van der Waals surface area contributed by atoms with Gasteiger partial charge in [-0.1, -0.05) is 0 Å². The van der Waals surface area contributed by atoms with Crippen molar-refractivity contribution in [3.8, 4) is 0 Å². The van der Waals surface area contributed by atoms with Gasteiger partial charge in [0.15, 0.2) is 0 Å². The molecule has 1 aromatic carbocycles. The SMILES string of the molecule is CCN(CC)C(=O)CNc1ccc([N+](=O)[O-])cc1C(F)F. The fourth-order valence-electron chi connectivity index (χ4n) is 1.86. The van der Waals surface area contributed by atoms with Gasteiger partial charge in [0.1, 0.15) is 0 Å². The Morgan fingerprint density at radius 2 is 2.00 bits per heavy atom. The van der Waals surface area contributed by atoms with Crippen molar-refractivity contribution in [3.63, 3.8) is 0 Å². The summed E-state index contributed by atoms with van der Waals surface area (Å²) in [6.45, 7) is 4.55. The van der Waals surface area contributed by atoms with Crippen LogP contribution in [0.15, 0.2) is 18.2 Å². The number of nitrogens with zero attached hydrogens (tertiary/aromatic N) is 2. The average Bonchev–Trinajstić information content (AvgIpc) is 2.45. The van der Waals surface area contributed by atoms with Crippen molar-refractivity contribution in [2.24, 2.45) is 0 Å². The number of nitro benzene ring substituents is 1. The van der Waals surface area contributed by atoms with Crippen LogP contribution < -0.4 is 5.32 Å². The van der Waals surface area contributed by atoms with E-state index in [-0.39, 0.29) is 18.1 Å². The van der Waals surface area contributed by atoms with Gasteiger partial charge in [0.05, 0.1) is 11.5 Å². The first kappa shape index (κ1) is 16.8. The van der Waals surface area contributed by atoms with Gasteiger partial charge in [-0.25, -0.2) is 8.78 Å². The minimum atomic E-state index is -2.86. The summed E-state index contributed by atoms with van der Waals surface area (Å²) in [6.07, 6.45) is -2.86. The van der Waals surface area contributed by atoms with Crippen LogP contribution in [0.2, 0.25) is 0 Å². The van der Waals surface area contributed by atoms with Crippen molar-refractivity contribution < 1.29 is 18.5 Å². The number of carbonyl (C=O) groups is 1. The van der Waals surface area contributed by atoms with Crippen molar-refractivity contribution in [3.05, 3.63) is 33.9 Å². The molecule has 1 aromatic rings. The molecule has 8 heteroatoms. The molecule has 21 heavy (non-hydrogen) atoms. The number of non-ortho nitro benzene ring substituents is 1. The van der Waals surface area contributed by atoms with E-state index in [1.54, 1.807) is 4.90 Å². The lowest BCUT2D eigenvalue weighted by molar-refractivity contribution is -0.385. The molecule has 0 heterocycles. The Bertz CT molecular complexity index is 519. The topological polar surface area (TPSA) is 75.5 Å². The van der Waals surface area contributed by atoms with Crippen molar-refractivity contribution >= 4 is 17.3 Å². The Morgan fingerprint density at radius 3 is 2.48 bits per heavy atom. The number of hydrogen-bond acceptors (Lipinski definition) is 4. The van der Waals surface area contributed by atoms with E-state index < -0.39 is 22.6 Å². The zero-order chi connectivity index (χ0) is 16.0. The third kappa shape index (κ3) is 4.37. The number of nitro groups is 1. The normalized spacial score (nSPS) is 10.5. The molecule has 0 saturated heterocycles. The van der Waals surface area contributed by atoms with Gasteiger partial charge in [0.25, 0.3) is 12.1 Å². The molecule has 0 spiro atoms. The minimum Gasteiger partial charge on any atom is -0.376 e. The van der Waals surface area contributed by atoms with Crippen LogP contribution in [-0.2, 0) is 4.79 Å². The van der Waals surface area contributed by atoms with Gasteiger partial charge in [-0.05, 0) is 19.9 Å². The number of benzene rings is 1. The average molecular weight is 301 g/mol. The first-order valence-corrected chi connectivity index (χ1v) is 6.48. The minimum absolute atomic E-state index is 0.0242. The van der Waals surface area contributed by atoms with E-state index in [2.05, 4.69) is 5.32 Å². The zero-order valence-electron chi connectivity index (χ0n) is 11.8. The molecular formula is C13H17F2N3O3. The second-order valence-corrected chi connectivity index (χ2v) is 4.25. The summed E-state index contributed by atoms with van der Waals surface area (Å²) in [4.78, 5) is 23.2. The molecule has 0 aliphatic carbocycles. The molecule has 1 N–H and O–H groups in total. The number of halogens is 2. The summed E-state index contributed by atoms with van der Waals surface area (Å²) in [6, 6.07) is 3.13. The number of hydrogen-bond donors (Lipinski definition) is 1. The third-order valence-corrected chi connectivity index (χ3v) is 3.03. The highest BCUT2D eigenvalue weighted by Gasteiger charge is 2.19. The Morgan fingerprint density at radius 1 is 1.38 bits per heavy atom. The molecule has 0 unspecified atom stereocenters. The van der Waals surface area contributed by atoms with Gasteiger partial charge in [-0.2, -0.15) is 0 Å². The van der Waals surface area contributed by atoms with Crippen molar-refractivity contribution in [1.29, 1.82) is 0 Å². The van der Waals surface area contributed by atoms with Gasteiger partial charge in [-0.15, -0.1) is 0 Å². The van der Waals surface area contributed by atoms with E-state index in [4.69, 9.17) is 0 Å². The largest absolute Gasteiger partial charge is 0.376 e. The molecule has 6 nitrogen and oxygen atoms in total. The predicted octanol–water partition coefficient (Wildman–Crippen LogP) is 2.81. The number of nitrogens with one attached hydrogen (secondary N) is 1. The van der Waals surface area contributed by atoms with Crippen molar-refractivity contribution in [1.82, 2.24) is 4.90 Å². The number of anilines is 1. The first-order chi connectivity index (χ1) is 9.90. The molecule has 0 fully saturated rings. The maximum absolute atomic E-state index is 12.9. The molecule has 1 rings (SSSR count). The Kier molecular flexibility index (Phi) is 6.01. The summed E-state index contributed by atoms with van der Waals surface area (Å²) in [5.41, 5.74) is -0.876. The van der Waals surface area contributed by atoms with Crippen LogP contribution in [0.4, 0.5) is 20.2 Å². The maximum atomic E-state index is 12.9. The standard InChI is InChI=1S/C13H17F2N3O3/c1-3-17(4-2)12(19)8-16-11-6-5-9(18(20)21)7-10(11)13(14)15/h5-7,13,16H,3-4,8H2,1-2H3. The number of amides is 1. The quantitative estimate of drug-likeness (QED) is 0.620. The molecule has 0 radical (unpaired) electrons. The van der Waals surface area contributed by atoms with E-state index in [0.717, 1.165) is 12.1 Å². The van der Waals surface area contributed by atoms with Crippen LogP contribution in [0.3, 0.4) is 0 Å². The molecular weight excluding hydrogens is 284 g/mol. The van der Waals surface area contributed by atoms with Gasteiger partial charge in [0.2, 0.25) is 5.91 Å². The molecule has 0 saturated carbocycles. The summed E-state index contributed by atoms with van der Waals surface area (Å²) < 4.78 is 25.9. The van der Waals surface area contributed by atoms with Crippen LogP contribution in [-0.4, -0.2) is 35.4 Å². The molecule has 0 aliphatic rings. The summed E-state index contributed by atoms with van der Waals surface area (Å²) in [5, 5.41) is 13.2. The molecule has 0 bridgehead atoms. The summed E-state index contributed by atoms with van der Waals surface area (Å²) in [5.74, 6) is -0.224. The van der Waals surface area contributed by atoms with E-state index in [9.17, 15) is 23.7 Å². The number of likely N-dealkylation sites (N-methyl/N-ethyl adjacent to an activating group) is 1. The molecule has 0 aliphatic heterocycles. The molecule has 116 valence electrons. The lowest BCUT2D eigenvalue weighted by atomic mass is 10.1. The third-order valence-electron chi connectivity index (χ3n) is 3.03. The second-order valence-electron chi connectivity index (χ2n) is 4.25. The summed E-state index contributed by atoms with van der Waals surface area (Å²) in [7, 11) is 0. The lowest BCUT2D eigenvalue weighted by Gasteiger charge is -2.19. The van der Waals surface area contributed by atoms with Crippen LogP contribution >= 0.6 is 0 Å². The van der Waals surface area contributed by atoms with E-state index in [1.807, 2.05) is 13.8 Å². The van der Waals surface area contributed by atoms with Crippen LogP contribution in [0.25, 0.3) is 0 Å². The predicted molar refractivity (Wildman–Crippen MR) is 74.5 cm³/mol. The fraction of sp³-hybridized carbons (Fsp3) is 0.462.